The van der Waals surface area contributed by atoms with Gasteiger partial charge in [0.2, 0.25) is 11.8 Å². The Kier molecular flexibility index (Phi) is 6.48. The largest absolute Gasteiger partial charge is 0.326 e. The van der Waals surface area contributed by atoms with E-state index in [1.807, 2.05) is 0 Å². The van der Waals surface area contributed by atoms with Crippen molar-refractivity contribution in [1.29, 1.82) is 0 Å². The Hall–Kier alpha value is -2.23. The third kappa shape index (κ3) is 4.98. The molecule has 150 valence electrons. The molecule has 1 fully saturated rings. The summed E-state index contributed by atoms with van der Waals surface area (Å²) in [6, 6.07) is 9.76. The quantitative estimate of drug-likeness (QED) is 0.748. The van der Waals surface area contributed by atoms with Gasteiger partial charge in [0, 0.05) is 37.3 Å². The molecule has 2 aromatic rings. The van der Waals surface area contributed by atoms with Crippen LogP contribution in [0.25, 0.3) is 0 Å². The smallest absolute Gasteiger partial charge is 0.252 e. The van der Waals surface area contributed by atoms with E-state index in [1.165, 1.54) is 22.6 Å². The van der Waals surface area contributed by atoms with Gasteiger partial charge < -0.3 is 10.6 Å². The van der Waals surface area contributed by atoms with Gasteiger partial charge in [0.1, 0.15) is 4.21 Å². The molecule has 1 aliphatic heterocycles. The van der Waals surface area contributed by atoms with Crippen LogP contribution in [0, 0.1) is 0 Å². The van der Waals surface area contributed by atoms with Crippen molar-refractivity contribution in [3.8, 4) is 0 Å². The molecule has 3 rings (SSSR count). The number of sulfonamides is 1. The SMILES string of the molecule is CC(=O)Nc1ccc(NC(=O)C[C@@H]2CCCCN2S(=O)(=O)c2cccs2)cc1. The summed E-state index contributed by atoms with van der Waals surface area (Å²) in [5.41, 5.74) is 1.24. The summed E-state index contributed by atoms with van der Waals surface area (Å²) in [4.78, 5) is 23.6. The number of thiophene rings is 1. The molecule has 0 radical (unpaired) electrons. The van der Waals surface area contributed by atoms with Crippen LogP contribution >= 0.6 is 11.3 Å². The summed E-state index contributed by atoms with van der Waals surface area (Å²) in [5, 5.41) is 7.21. The normalized spacial score (nSPS) is 17.8. The maximum Gasteiger partial charge on any atom is 0.252 e. The van der Waals surface area contributed by atoms with Gasteiger partial charge in [-0.05, 0) is 48.6 Å². The van der Waals surface area contributed by atoms with Crippen LogP contribution in [0.5, 0.6) is 0 Å². The van der Waals surface area contributed by atoms with Gasteiger partial charge in [-0.25, -0.2) is 8.42 Å². The molecule has 0 aliphatic carbocycles. The number of rotatable bonds is 6. The Labute approximate surface area is 168 Å². The fourth-order valence-corrected chi connectivity index (χ4v) is 6.10. The summed E-state index contributed by atoms with van der Waals surface area (Å²) in [6.07, 6.45) is 2.48. The molecular formula is C19H23N3O4S2. The fourth-order valence-electron chi connectivity index (χ4n) is 3.29. The number of nitrogens with zero attached hydrogens (tertiary/aromatic N) is 1. The first-order valence-corrected chi connectivity index (χ1v) is 11.4. The van der Waals surface area contributed by atoms with Gasteiger partial charge in [0.15, 0.2) is 0 Å². The number of hydrogen-bond donors (Lipinski definition) is 2. The van der Waals surface area contributed by atoms with E-state index in [9.17, 15) is 18.0 Å². The monoisotopic (exact) mass is 421 g/mol. The molecule has 28 heavy (non-hydrogen) atoms. The Bertz CT molecular complexity index is 925. The lowest BCUT2D eigenvalue weighted by Crippen LogP contribution is -2.45. The minimum Gasteiger partial charge on any atom is -0.326 e. The Morgan fingerprint density at radius 1 is 1.11 bits per heavy atom. The van der Waals surface area contributed by atoms with E-state index >= 15 is 0 Å². The van der Waals surface area contributed by atoms with E-state index in [0.717, 1.165) is 12.8 Å². The second-order valence-corrected chi connectivity index (χ2v) is 9.77. The predicted octanol–water partition coefficient (Wildman–Crippen LogP) is 3.28. The first-order chi connectivity index (χ1) is 13.4. The Balaban J connectivity index is 1.65. The van der Waals surface area contributed by atoms with Gasteiger partial charge >= 0.3 is 0 Å². The second kappa shape index (κ2) is 8.85. The Morgan fingerprint density at radius 3 is 2.39 bits per heavy atom. The fraction of sp³-hybridized carbons (Fsp3) is 0.368. The molecule has 1 aromatic carbocycles. The minimum absolute atomic E-state index is 0.109. The zero-order chi connectivity index (χ0) is 20.1. The second-order valence-electron chi connectivity index (χ2n) is 6.71. The van der Waals surface area contributed by atoms with Gasteiger partial charge in [-0.2, -0.15) is 4.31 Å². The van der Waals surface area contributed by atoms with E-state index in [2.05, 4.69) is 10.6 Å². The van der Waals surface area contributed by atoms with Crippen LogP contribution in [-0.2, 0) is 19.6 Å². The molecule has 1 aromatic heterocycles. The van der Waals surface area contributed by atoms with Crippen molar-refractivity contribution in [1.82, 2.24) is 4.31 Å². The first kappa shape index (κ1) is 20.5. The topological polar surface area (TPSA) is 95.6 Å². The summed E-state index contributed by atoms with van der Waals surface area (Å²) in [5.74, 6) is -0.397. The van der Waals surface area contributed by atoms with Crippen LogP contribution in [0.2, 0.25) is 0 Å². The van der Waals surface area contributed by atoms with Crippen molar-refractivity contribution >= 4 is 44.5 Å². The number of anilines is 2. The van der Waals surface area contributed by atoms with E-state index in [1.54, 1.807) is 41.8 Å². The number of benzene rings is 1. The van der Waals surface area contributed by atoms with Gasteiger partial charge in [0.05, 0.1) is 0 Å². The van der Waals surface area contributed by atoms with Crippen molar-refractivity contribution in [3.63, 3.8) is 0 Å². The highest BCUT2D eigenvalue weighted by molar-refractivity contribution is 7.91. The lowest BCUT2D eigenvalue weighted by atomic mass is 10.0. The van der Waals surface area contributed by atoms with Crippen LogP contribution in [0.1, 0.15) is 32.6 Å². The predicted molar refractivity (Wildman–Crippen MR) is 110 cm³/mol. The zero-order valence-electron chi connectivity index (χ0n) is 15.6. The average molecular weight is 422 g/mol. The van der Waals surface area contributed by atoms with Crippen molar-refractivity contribution in [2.75, 3.05) is 17.2 Å². The number of amides is 2. The van der Waals surface area contributed by atoms with E-state index in [4.69, 9.17) is 0 Å². The third-order valence-electron chi connectivity index (χ3n) is 4.54. The maximum atomic E-state index is 12.9. The maximum absolute atomic E-state index is 12.9. The van der Waals surface area contributed by atoms with Crippen molar-refractivity contribution in [2.45, 2.75) is 42.9 Å². The summed E-state index contributed by atoms with van der Waals surface area (Å²) >= 11 is 1.19. The summed E-state index contributed by atoms with van der Waals surface area (Å²) < 4.78 is 27.6. The Morgan fingerprint density at radius 2 is 1.79 bits per heavy atom. The first-order valence-electron chi connectivity index (χ1n) is 9.09. The number of hydrogen-bond acceptors (Lipinski definition) is 5. The summed E-state index contributed by atoms with van der Waals surface area (Å²) in [7, 11) is -3.57. The van der Waals surface area contributed by atoms with Crippen LogP contribution in [0.4, 0.5) is 11.4 Å². The molecule has 9 heteroatoms. The molecule has 2 N–H and O–H groups in total. The van der Waals surface area contributed by atoms with Crippen molar-refractivity contribution in [3.05, 3.63) is 41.8 Å². The lowest BCUT2D eigenvalue weighted by molar-refractivity contribution is -0.117. The van der Waals surface area contributed by atoms with Crippen molar-refractivity contribution < 1.29 is 18.0 Å². The van der Waals surface area contributed by atoms with Crippen LogP contribution in [0.15, 0.2) is 46.0 Å². The molecule has 1 aliphatic rings. The molecule has 0 bridgehead atoms. The number of carbonyl (C=O) groups excluding carboxylic acids is 2. The molecule has 7 nitrogen and oxygen atoms in total. The number of nitrogens with one attached hydrogen (secondary N) is 2. The minimum atomic E-state index is -3.57. The zero-order valence-corrected chi connectivity index (χ0v) is 17.2. The molecule has 1 saturated heterocycles. The highest BCUT2D eigenvalue weighted by Gasteiger charge is 2.35. The standard InChI is InChI=1S/C19H23N3O4S2/c1-14(23)20-15-7-9-16(10-8-15)21-18(24)13-17-5-2-3-11-22(17)28(25,26)19-6-4-12-27-19/h4,6-10,12,17H,2-3,5,11,13H2,1H3,(H,20,23)(H,21,24)/t17-/m0/s1. The molecular weight excluding hydrogens is 398 g/mol. The number of piperidine rings is 1. The van der Waals surface area contributed by atoms with E-state index in [-0.39, 0.29) is 24.3 Å². The number of carbonyl (C=O) groups is 2. The molecule has 2 heterocycles. The molecule has 1 atom stereocenters. The average Bonchev–Trinajstić information content (AvgIpc) is 3.19. The van der Waals surface area contributed by atoms with Crippen LogP contribution < -0.4 is 10.6 Å². The summed E-state index contributed by atoms with van der Waals surface area (Å²) in [6.45, 7) is 1.86. The van der Waals surface area contributed by atoms with Crippen molar-refractivity contribution in [2.24, 2.45) is 0 Å². The van der Waals surface area contributed by atoms with Gasteiger partial charge in [-0.1, -0.05) is 12.5 Å². The highest BCUT2D eigenvalue weighted by atomic mass is 32.2. The lowest BCUT2D eigenvalue weighted by Gasteiger charge is -2.34. The van der Waals surface area contributed by atoms with Gasteiger partial charge in [-0.15, -0.1) is 11.3 Å². The molecule has 0 saturated carbocycles. The molecule has 2 amide bonds. The molecule has 0 unspecified atom stereocenters. The highest BCUT2D eigenvalue weighted by Crippen LogP contribution is 2.29. The third-order valence-corrected chi connectivity index (χ3v) is 7.87. The molecule has 0 spiro atoms. The van der Waals surface area contributed by atoms with E-state index in [0.29, 0.717) is 28.5 Å². The van der Waals surface area contributed by atoms with Crippen LogP contribution in [-0.4, -0.2) is 37.1 Å². The van der Waals surface area contributed by atoms with Gasteiger partial charge in [-0.3, -0.25) is 9.59 Å². The van der Waals surface area contributed by atoms with Gasteiger partial charge in [0.25, 0.3) is 10.0 Å². The van der Waals surface area contributed by atoms with Crippen LogP contribution in [0.3, 0.4) is 0 Å². The van der Waals surface area contributed by atoms with E-state index < -0.39 is 10.0 Å².